The van der Waals surface area contributed by atoms with E-state index in [-0.39, 0.29) is 19.3 Å². The first kappa shape index (κ1) is 30.4. The van der Waals surface area contributed by atoms with Crippen LogP contribution >= 0.6 is 90.4 Å². The van der Waals surface area contributed by atoms with E-state index in [2.05, 4.69) is 4.74 Å². The second-order valence-corrected chi connectivity index (χ2v) is 13.0. The highest BCUT2D eigenvalue weighted by molar-refractivity contribution is 14.1. The highest BCUT2D eigenvalue weighted by Crippen LogP contribution is 2.37. The van der Waals surface area contributed by atoms with Crippen LogP contribution in [-0.2, 0) is 19.6 Å². The zero-order chi connectivity index (χ0) is 27.3. The van der Waals surface area contributed by atoms with Gasteiger partial charge >= 0.3 is 11.9 Å². The molecule has 1 atom stereocenters. The third kappa shape index (κ3) is 5.74. The SMILES string of the molecule is CC1(COC(=O)c2c(I)c(I)c(I)c(I)c2C(=O)Oc2c(F)c(F)c(S(=O)(=O)[O-])c(F)c2F)CCO1. The van der Waals surface area contributed by atoms with E-state index < -0.39 is 67.1 Å². The molecule has 1 fully saturated rings. The van der Waals surface area contributed by atoms with E-state index in [0.717, 1.165) is 0 Å². The summed E-state index contributed by atoms with van der Waals surface area (Å²) < 4.78 is 107. The van der Waals surface area contributed by atoms with Gasteiger partial charge in [-0.2, -0.15) is 8.78 Å². The third-order valence-corrected chi connectivity index (χ3v) is 13.2. The Labute approximate surface area is 255 Å². The van der Waals surface area contributed by atoms with Gasteiger partial charge in [-0.1, -0.05) is 0 Å². The van der Waals surface area contributed by atoms with Crippen molar-refractivity contribution in [3.05, 3.63) is 48.7 Å². The van der Waals surface area contributed by atoms with Gasteiger partial charge in [-0.05, 0) is 97.3 Å². The highest BCUT2D eigenvalue weighted by atomic mass is 127. The summed E-state index contributed by atoms with van der Waals surface area (Å²) in [6.45, 7) is 2.01. The van der Waals surface area contributed by atoms with Crippen LogP contribution in [0.4, 0.5) is 17.6 Å². The normalized spacial score (nSPS) is 17.5. The van der Waals surface area contributed by atoms with Crippen molar-refractivity contribution in [3.8, 4) is 5.75 Å². The Morgan fingerprint density at radius 3 is 1.75 bits per heavy atom. The van der Waals surface area contributed by atoms with Crippen LogP contribution in [-0.4, -0.2) is 43.7 Å². The number of rotatable bonds is 6. The summed E-state index contributed by atoms with van der Waals surface area (Å²) in [5.41, 5.74) is -1.58. The average molecular weight is 981 g/mol. The molecule has 0 spiro atoms. The molecule has 2 aromatic rings. The first-order valence-electron chi connectivity index (χ1n) is 9.23. The number of ether oxygens (including phenoxy) is 3. The van der Waals surface area contributed by atoms with Crippen LogP contribution in [0, 0.1) is 37.5 Å². The molecule has 0 saturated carbocycles. The van der Waals surface area contributed by atoms with Crippen LogP contribution in [0.1, 0.15) is 34.1 Å². The lowest BCUT2D eigenvalue weighted by Gasteiger charge is -2.37. The van der Waals surface area contributed by atoms with Crippen molar-refractivity contribution in [2.24, 2.45) is 0 Å². The van der Waals surface area contributed by atoms with Crippen molar-refractivity contribution < 1.29 is 54.3 Å². The van der Waals surface area contributed by atoms with Crippen molar-refractivity contribution >= 4 is 112 Å². The van der Waals surface area contributed by atoms with Gasteiger partial charge in [-0.25, -0.2) is 26.8 Å². The first-order valence-corrected chi connectivity index (χ1v) is 14.9. The van der Waals surface area contributed by atoms with Crippen LogP contribution < -0.4 is 4.74 Å². The predicted molar refractivity (Wildman–Crippen MR) is 146 cm³/mol. The zero-order valence-corrected chi connectivity index (χ0v) is 26.8. The molecule has 0 aromatic heterocycles. The summed E-state index contributed by atoms with van der Waals surface area (Å²) in [6.07, 6.45) is 0.610. The summed E-state index contributed by atoms with van der Waals surface area (Å²) in [6, 6.07) is 0. The van der Waals surface area contributed by atoms with Gasteiger partial charge in [0, 0.05) is 20.7 Å². The molecule has 1 unspecified atom stereocenters. The van der Waals surface area contributed by atoms with Crippen LogP contribution in [0.5, 0.6) is 5.75 Å². The minimum absolute atomic E-state index is 0.0987. The topological polar surface area (TPSA) is 119 Å². The lowest BCUT2D eigenvalue weighted by atomic mass is 9.99. The number of hydrogen-bond acceptors (Lipinski definition) is 8. The van der Waals surface area contributed by atoms with E-state index in [4.69, 9.17) is 9.47 Å². The quantitative estimate of drug-likeness (QED) is 0.0746. The molecule has 17 heteroatoms. The minimum Gasteiger partial charge on any atom is -0.744 e. The molecular weight excluding hydrogens is 972 g/mol. The molecule has 0 N–H and O–H groups in total. The molecule has 8 nitrogen and oxygen atoms in total. The van der Waals surface area contributed by atoms with Crippen LogP contribution in [0.3, 0.4) is 0 Å². The van der Waals surface area contributed by atoms with Gasteiger partial charge < -0.3 is 18.8 Å². The van der Waals surface area contributed by atoms with Crippen LogP contribution in [0.25, 0.3) is 0 Å². The standard InChI is InChI=1S/C19H10F4I4O8S/c1-19(2-3-34-19)4-33-17(28)5-6(12(25)14(27)13(26)11(5)24)18(29)35-15-7(20)9(22)16(36(30,31)32)10(23)8(15)21/h2-4H2,1H3,(H,30,31,32)/p-1. The summed E-state index contributed by atoms with van der Waals surface area (Å²) >= 11 is 7.16. The highest BCUT2D eigenvalue weighted by Gasteiger charge is 2.37. The summed E-state index contributed by atoms with van der Waals surface area (Å²) in [7, 11) is -5.96. The van der Waals surface area contributed by atoms with Crippen molar-refractivity contribution in [2.45, 2.75) is 23.8 Å². The maximum absolute atomic E-state index is 14.4. The molecule has 1 saturated heterocycles. The van der Waals surface area contributed by atoms with Gasteiger partial charge in [-0.15, -0.1) is 0 Å². The fraction of sp³-hybridized carbons (Fsp3) is 0.263. The van der Waals surface area contributed by atoms with E-state index in [0.29, 0.717) is 20.2 Å². The number of carbonyl (C=O) groups excluding carboxylic acids is 2. The molecule has 3 rings (SSSR count). The van der Waals surface area contributed by atoms with Gasteiger partial charge in [0.1, 0.15) is 27.2 Å². The lowest BCUT2D eigenvalue weighted by Crippen LogP contribution is -2.45. The molecule has 2 aromatic carbocycles. The maximum atomic E-state index is 14.4. The van der Waals surface area contributed by atoms with Crippen molar-refractivity contribution in [1.82, 2.24) is 0 Å². The van der Waals surface area contributed by atoms with Crippen LogP contribution in [0.15, 0.2) is 4.90 Å². The fourth-order valence-electron chi connectivity index (χ4n) is 2.91. The second kappa shape index (κ2) is 11.2. The Kier molecular flexibility index (Phi) is 9.44. The Morgan fingerprint density at radius 2 is 1.36 bits per heavy atom. The zero-order valence-electron chi connectivity index (χ0n) is 17.3. The van der Waals surface area contributed by atoms with Crippen molar-refractivity contribution in [3.63, 3.8) is 0 Å². The molecule has 1 aliphatic rings. The van der Waals surface area contributed by atoms with E-state index in [1.165, 1.54) is 0 Å². The van der Waals surface area contributed by atoms with Gasteiger partial charge in [0.05, 0.1) is 17.7 Å². The van der Waals surface area contributed by atoms with Gasteiger partial charge in [0.15, 0.2) is 11.6 Å². The maximum Gasteiger partial charge on any atom is 0.345 e. The number of esters is 2. The Morgan fingerprint density at radius 1 is 0.917 bits per heavy atom. The molecule has 0 aliphatic carbocycles. The Balaban J connectivity index is 2.11. The Hall–Kier alpha value is -0.110. The largest absolute Gasteiger partial charge is 0.744 e. The molecule has 196 valence electrons. The smallest absolute Gasteiger partial charge is 0.345 e. The monoisotopic (exact) mass is 981 g/mol. The molecule has 0 amide bonds. The third-order valence-electron chi connectivity index (χ3n) is 4.89. The van der Waals surface area contributed by atoms with Gasteiger partial charge in [0.2, 0.25) is 17.4 Å². The van der Waals surface area contributed by atoms with Crippen molar-refractivity contribution in [2.75, 3.05) is 13.2 Å². The summed E-state index contributed by atoms with van der Waals surface area (Å²) in [4.78, 5) is 23.6. The molecule has 1 heterocycles. The number of halogens is 8. The van der Waals surface area contributed by atoms with Gasteiger partial charge in [-0.3, -0.25) is 0 Å². The Bertz CT molecular complexity index is 1380. The molecular formula is C19H9F4I4O8S-. The number of hydrogen-bond donors (Lipinski definition) is 0. The summed E-state index contributed by atoms with van der Waals surface area (Å²) in [5.74, 6) is -14.5. The minimum atomic E-state index is -5.96. The molecule has 36 heavy (non-hydrogen) atoms. The van der Waals surface area contributed by atoms with E-state index >= 15 is 0 Å². The van der Waals surface area contributed by atoms with E-state index in [1.54, 1.807) is 52.1 Å². The van der Waals surface area contributed by atoms with E-state index in [9.17, 15) is 40.1 Å². The predicted octanol–water partition coefficient (Wildman–Crippen LogP) is 5.12. The number of carbonyl (C=O) groups is 2. The molecule has 0 bridgehead atoms. The average Bonchev–Trinajstić information content (AvgIpc) is 2.77. The van der Waals surface area contributed by atoms with Crippen LogP contribution in [0.2, 0.25) is 0 Å². The first-order chi connectivity index (χ1) is 16.5. The second-order valence-electron chi connectivity index (χ2n) is 7.39. The number of benzene rings is 2. The molecule has 0 radical (unpaired) electrons. The van der Waals surface area contributed by atoms with E-state index in [1.807, 2.05) is 45.2 Å². The summed E-state index contributed by atoms with van der Waals surface area (Å²) in [5, 5.41) is 0. The molecule has 1 aliphatic heterocycles. The fourth-order valence-corrected chi connectivity index (χ4v) is 7.16. The van der Waals surface area contributed by atoms with Gasteiger partial charge in [0.25, 0.3) is 0 Å². The van der Waals surface area contributed by atoms with Crippen molar-refractivity contribution in [1.29, 1.82) is 0 Å². The lowest BCUT2D eigenvalue weighted by molar-refractivity contribution is -0.158.